The minimum absolute atomic E-state index is 0.00998. The molecule has 0 spiro atoms. The Hall–Kier alpha value is -1.90. The van der Waals surface area contributed by atoms with Crippen molar-refractivity contribution in [3.05, 3.63) is 29.0 Å². The van der Waals surface area contributed by atoms with E-state index < -0.39 is 5.82 Å². The number of carbonyl (C=O) groups is 2. The van der Waals surface area contributed by atoms with Crippen molar-refractivity contribution in [1.82, 2.24) is 21.1 Å². The van der Waals surface area contributed by atoms with E-state index in [0.717, 1.165) is 31.7 Å². The molecular weight excluding hydrogens is 411 g/mol. The summed E-state index contributed by atoms with van der Waals surface area (Å²) in [4.78, 5) is 25.0. The van der Waals surface area contributed by atoms with Gasteiger partial charge in [-0.25, -0.2) is 14.8 Å². The number of nitrogens with one attached hydrogen (secondary N) is 3. The molecule has 0 bridgehead atoms. The number of hydrazine groups is 1. The number of ether oxygens (including phenoxy) is 1. The number of hydrogen-bond donors (Lipinski definition) is 3. The summed E-state index contributed by atoms with van der Waals surface area (Å²) in [5.74, 6) is 0.238. The quantitative estimate of drug-likeness (QED) is 0.631. The second-order valence-corrected chi connectivity index (χ2v) is 9.08. The topological polar surface area (TPSA) is 82.7 Å². The highest BCUT2D eigenvalue weighted by atomic mass is 35.5. The van der Waals surface area contributed by atoms with Crippen molar-refractivity contribution in [3.63, 3.8) is 0 Å². The number of carbonyl (C=O) groups excluding carboxylic acids is 2. The highest BCUT2D eigenvalue weighted by Gasteiger charge is 2.50. The zero-order valence-corrected chi connectivity index (χ0v) is 17.9. The summed E-state index contributed by atoms with van der Waals surface area (Å²) in [6.07, 6.45) is 3.62. The van der Waals surface area contributed by atoms with E-state index in [-0.39, 0.29) is 47.3 Å². The van der Waals surface area contributed by atoms with Gasteiger partial charge in [0.25, 0.3) is 5.91 Å². The zero-order chi connectivity index (χ0) is 21.4. The summed E-state index contributed by atoms with van der Waals surface area (Å²) in [5, 5.41) is 8.22. The number of fused-ring (bicyclic) bond motifs is 1. The van der Waals surface area contributed by atoms with Gasteiger partial charge in [0.05, 0.1) is 5.02 Å². The van der Waals surface area contributed by atoms with Crippen LogP contribution in [0.5, 0.6) is 5.75 Å². The molecule has 3 N–H and O–H groups in total. The molecule has 6 atom stereocenters. The van der Waals surface area contributed by atoms with Crippen LogP contribution in [0.4, 0.5) is 4.39 Å². The predicted octanol–water partition coefficient (Wildman–Crippen LogP) is 1.85. The molecular formula is C21H28ClFN4O3. The average molecular weight is 439 g/mol. The van der Waals surface area contributed by atoms with Gasteiger partial charge >= 0.3 is 0 Å². The van der Waals surface area contributed by atoms with E-state index in [1.165, 1.54) is 12.1 Å². The van der Waals surface area contributed by atoms with Crippen molar-refractivity contribution in [2.75, 3.05) is 13.7 Å². The van der Waals surface area contributed by atoms with E-state index in [1.807, 2.05) is 12.1 Å². The van der Waals surface area contributed by atoms with Crippen molar-refractivity contribution >= 4 is 23.4 Å². The first-order valence-corrected chi connectivity index (χ1v) is 10.9. The molecule has 2 saturated carbocycles. The second-order valence-electron chi connectivity index (χ2n) is 8.67. The van der Waals surface area contributed by atoms with E-state index in [9.17, 15) is 14.0 Å². The molecule has 7 nitrogen and oxygen atoms in total. The summed E-state index contributed by atoms with van der Waals surface area (Å²) >= 11 is 5.65. The van der Waals surface area contributed by atoms with Crippen molar-refractivity contribution in [3.8, 4) is 5.75 Å². The first-order valence-electron chi connectivity index (χ1n) is 10.5. The largest absolute Gasteiger partial charge is 0.484 e. The number of halogens is 2. The van der Waals surface area contributed by atoms with Gasteiger partial charge in [0.2, 0.25) is 5.91 Å². The second kappa shape index (κ2) is 8.69. The number of rotatable bonds is 6. The van der Waals surface area contributed by atoms with Crippen LogP contribution in [0.15, 0.2) is 18.2 Å². The predicted molar refractivity (Wildman–Crippen MR) is 110 cm³/mol. The van der Waals surface area contributed by atoms with Gasteiger partial charge in [-0.15, -0.1) is 0 Å². The van der Waals surface area contributed by atoms with Crippen molar-refractivity contribution < 1.29 is 18.7 Å². The summed E-state index contributed by atoms with van der Waals surface area (Å²) in [5.41, 5.74) is 3.20. The number of nitrogens with zero attached hydrogens (tertiary/aromatic N) is 1. The Bertz CT molecular complexity index is 815. The van der Waals surface area contributed by atoms with Crippen molar-refractivity contribution in [1.29, 1.82) is 0 Å². The molecule has 164 valence electrons. The van der Waals surface area contributed by atoms with Gasteiger partial charge in [-0.2, -0.15) is 0 Å². The fourth-order valence-corrected chi connectivity index (χ4v) is 4.96. The maximum Gasteiger partial charge on any atom is 0.258 e. The smallest absolute Gasteiger partial charge is 0.258 e. The Morgan fingerprint density at radius 3 is 2.53 bits per heavy atom. The Balaban J connectivity index is 1.26. The normalized spacial score (nSPS) is 32.9. The monoisotopic (exact) mass is 438 g/mol. The Morgan fingerprint density at radius 2 is 1.93 bits per heavy atom. The van der Waals surface area contributed by atoms with Crippen LogP contribution >= 0.6 is 11.6 Å². The van der Waals surface area contributed by atoms with E-state index in [1.54, 1.807) is 0 Å². The zero-order valence-electron chi connectivity index (χ0n) is 17.2. The summed E-state index contributed by atoms with van der Waals surface area (Å²) in [6, 6.07) is 4.30. The molecule has 30 heavy (non-hydrogen) atoms. The molecule has 1 aliphatic heterocycles. The number of benzene rings is 1. The molecule has 2 aliphatic carbocycles. The minimum atomic E-state index is -0.585. The van der Waals surface area contributed by atoms with Gasteiger partial charge in [0.1, 0.15) is 17.6 Å². The fraction of sp³-hybridized carbons (Fsp3) is 0.619. The van der Waals surface area contributed by atoms with Gasteiger partial charge in [-0.1, -0.05) is 11.6 Å². The lowest BCUT2D eigenvalue weighted by Crippen LogP contribution is -2.49. The van der Waals surface area contributed by atoms with Crippen LogP contribution < -0.4 is 20.8 Å². The van der Waals surface area contributed by atoms with Crippen molar-refractivity contribution in [2.24, 2.45) is 11.8 Å². The molecule has 1 saturated heterocycles. The third-order valence-electron chi connectivity index (χ3n) is 6.77. The van der Waals surface area contributed by atoms with E-state index in [2.05, 4.69) is 23.0 Å². The van der Waals surface area contributed by atoms with Crippen LogP contribution in [-0.4, -0.2) is 54.6 Å². The SMILES string of the molecule is CC1CC(C(=O)NC2C[C@H](NC(=O)COc3ccc(Cl)c(F)c3)C3CCC23)NN1C. The Morgan fingerprint density at radius 1 is 1.23 bits per heavy atom. The first-order chi connectivity index (χ1) is 14.3. The summed E-state index contributed by atoms with van der Waals surface area (Å²) in [6.45, 7) is 1.89. The van der Waals surface area contributed by atoms with Gasteiger partial charge in [-0.05, 0) is 56.6 Å². The third-order valence-corrected chi connectivity index (χ3v) is 7.08. The molecule has 3 aliphatic rings. The lowest BCUT2D eigenvalue weighted by atomic mass is 9.73. The average Bonchev–Trinajstić information content (AvgIpc) is 3.11. The number of amides is 2. The van der Waals surface area contributed by atoms with Crippen LogP contribution in [0.1, 0.15) is 32.6 Å². The number of hydrogen-bond acceptors (Lipinski definition) is 5. The van der Waals surface area contributed by atoms with E-state index in [4.69, 9.17) is 16.3 Å². The van der Waals surface area contributed by atoms with Crippen LogP contribution in [-0.2, 0) is 9.59 Å². The minimum Gasteiger partial charge on any atom is -0.484 e. The lowest BCUT2D eigenvalue weighted by Gasteiger charge is -2.36. The van der Waals surface area contributed by atoms with Crippen LogP contribution in [0.25, 0.3) is 0 Å². The fourth-order valence-electron chi connectivity index (χ4n) is 4.84. The molecule has 3 fully saturated rings. The molecule has 5 unspecified atom stereocenters. The van der Waals surface area contributed by atoms with Gasteiger partial charge in [-0.3, -0.25) is 9.59 Å². The van der Waals surface area contributed by atoms with E-state index >= 15 is 0 Å². The molecule has 1 aromatic carbocycles. The Kier molecular flexibility index (Phi) is 6.18. The van der Waals surface area contributed by atoms with Crippen molar-refractivity contribution in [2.45, 2.75) is 56.8 Å². The molecule has 0 radical (unpaired) electrons. The molecule has 4 rings (SSSR count). The molecule has 9 heteroatoms. The summed E-state index contributed by atoms with van der Waals surface area (Å²) < 4.78 is 18.9. The van der Waals surface area contributed by atoms with Gasteiger partial charge in [0, 0.05) is 31.2 Å². The molecule has 1 heterocycles. The lowest BCUT2D eigenvalue weighted by molar-refractivity contribution is -0.125. The van der Waals surface area contributed by atoms with Gasteiger partial charge in [0.15, 0.2) is 6.61 Å². The molecule has 2 amide bonds. The highest BCUT2D eigenvalue weighted by Crippen LogP contribution is 2.47. The van der Waals surface area contributed by atoms with Crippen LogP contribution in [0, 0.1) is 17.7 Å². The Labute approximate surface area is 180 Å². The molecule has 1 aromatic rings. The highest BCUT2D eigenvalue weighted by molar-refractivity contribution is 6.30. The van der Waals surface area contributed by atoms with Crippen LogP contribution in [0.2, 0.25) is 5.02 Å². The summed E-state index contributed by atoms with van der Waals surface area (Å²) in [7, 11) is 1.95. The standard InChI is InChI=1S/C21H28ClFN4O3/c1-11-7-19(26-27(11)2)21(29)25-18-9-17(13-4-5-14(13)18)24-20(28)10-30-12-3-6-15(22)16(23)8-12/h3,6,8,11,13-14,17-19,26H,4-5,7,9-10H2,1-2H3,(H,24,28)(H,25,29)/t11?,13?,14?,17-,18?,19?/m0/s1. The van der Waals surface area contributed by atoms with Gasteiger partial charge < -0.3 is 15.4 Å². The maximum absolute atomic E-state index is 13.5. The van der Waals surface area contributed by atoms with Crippen LogP contribution in [0.3, 0.4) is 0 Å². The molecule has 0 aromatic heterocycles. The first kappa shape index (κ1) is 21.3. The van der Waals surface area contributed by atoms with E-state index in [0.29, 0.717) is 17.9 Å². The third kappa shape index (κ3) is 4.40. The maximum atomic E-state index is 13.5.